The molecule has 0 aliphatic carbocycles. The monoisotopic (exact) mass is 352 g/mol. The van der Waals surface area contributed by atoms with Crippen LogP contribution in [0.4, 0.5) is 0 Å². The van der Waals surface area contributed by atoms with E-state index in [1.165, 1.54) is 4.90 Å². The van der Waals surface area contributed by atoms with E-state index in [1.807, 2.05) is 39.0 Å². The van der Waals surface area contributed by atoms with Crippen molar-refractivity contribution in [3.8, 4) is 6.07 Å². The van der Waals surface area contributed by atoms with Gasteiger partial charge in [-0.25, -0.2) is 0 Å². The second-order valence-electron chi connectivity index (χ2n) is 5.94. The summed E-state index contributed by atoms with van der Waals surface area (Å²) >= 11 is 0. The summed E-state index contributed by atoms with van der Waals surface area (Å²) in [6.45, 7) is 6.44. The Morgan fingerprint density at radius 3 is 2.85 bits per heavy atom. The SMILES string of the molecule is CC.Cc1ccc2c(C(=O)NCC(=O)N3CCC[C@H]3C#N)ccnc2c1. The molecule has 1 aromatic heterocycles. The summed E-state index contributed by atoms with van der Waals surface area (Å²) in [5, 5.41) is 12.5. The fraction of sp³-hybridized carbons (Fsp3) is 0.400. The molecule has 0 bridgehead atoms. The fourth-order valence-electron chi connectivity index (χ4n) is 3.01. The highest BCUT2D eigenvalue weighted by Crippen LogP contribution is 2.18. The fourth-order valence-corrected chi connectivity index (χ4v) is 3.01. The van der Waals surface area contributed by atoms with Gasteiger partial charge in [-0.3, -0.25) is 14.6 Å². The summed E-state index contributed by atoms with van der Waals surface area (Å²) in [4.78, 5) is 30.5. The molecule has 0 unspecified atom stereocenters. The molecule has 2 amide bonds. The average molecular weight is 352 g/mol. The molecule has 26 heavy (non-hydrogen) atoms. The number of aryl methyl sites for hydroxylation is 1. The molecule has 0 saturated carbocycles. The van der Waals surface area contributed by atoms with Gasteiger partial charge in [0.25, 0.3) is 5.91 Å². The molecule has 1 fully saturated rings. The third-order valence-corrected chi connectivity index (χ3v) is 4.27. The lowest BCUT2D eigenvalue weighted by Crippen LogP contribution is -2.42. The normalized spacial score (nSPS) is 15.8. The van der Waals surface area contributed by atoms with Crippen molar-refractivity contribution in [3.63, 3.8) is 0 Å². The van der Waals surface area contributed by atoms with Gasteiger partial charge in [0.15, 0.2) is 0 Å². The third kappa shape index (κ3) is 4.17. The second kappa shape index (κ2) is 8.95. The second-order valence-corrected chi connectivity index (χ2v) is 5.94. The standard InChI is InChI=1S/C18H18N4O2.C2H6/c1-12-4-5-14-15(6-7-20-16(14)9-12)18(24)21-11-17(23)22-8-2-3-13(22)10-19;1-2/h4-7,9,13H,2-3,8,11H2,1H3,(H,21,24);1-2H3/t13-;/m0./s1. The van der Waals surface area contributed by atoms with E-state index in [4.69, 9.17) is 5.26 Å². The van der Waals surface area contributed by atoms with Gasteiger partial charge >= 0.3 is 0 Å². The van der Waals surface area contributed by atoms with Crippen LogP contribution < -0.4 is 5.32 Å². The Balaban J connectivity index is 0.00000117. The zero-order chi connectivity index (χ0) is 19.1. The smallest absolute Gasteiger partial charge is 0.252 e. The number of nitrogens with zero attached hydrogens (tertiary/aromatic N) is 3. The Labute approximate surface area is 153 Å². The summed E-state index contributed by atoms with van der Waals surface area (Å²) in [6.07, 6.45) is 3.11. The van der Waals surface area contributed by atoms with Crippen LogP contribution in [0.3, 0.4) is 0 Å². The summed E-state index contributed by atoms with van der Waals surface area (Å²) < 4.78 is 0. The molecule has 1 aliphatic heterocycles. The minimum atomic E-state index is -0.376. The first-order valence-corrected chi connectivity index (χ1v) is 8.93. The predicted octanol–water partition coefficient (Wildman–Crippen LogP) is 2.81. The van der Waals surface area contributed by atoms with Gasteiger partial charge in [-0.15, -0.1) is 0 Å². The van der Waals surface area contributed by atoms with Gasteiger partial charge in [-0.05, 0) is 37.5 Å². The number of aromatic nitrogens is 1. The van der Waals surface area contributed by atoms with Crippen molar-refractivity contribution in [1.29, 1.82) is 5.26 Å². The molecule has 6 heteroatoms. The van der Waals surface area contributed by atoms with Crippen molar-refractivity contribution >= 4 is 22.7 Å². The number of pyridine rings is 1. The molecule has 1 N–H and O–H groups in total. The molecule has 0 radical (unpaired) electrons. The number of hydrogen-bond donors (Lipinski definition) is 1. The molecule has 136 valence electrons. The topological polar surface area (TPSA) is 86.1 Å². The van der Waals surface area contributed by atoms with Crippen molar-refractivity contribution in [2.45, 2.75) is 39.7 Å². The number of carbonyl (C=O) groups excluding carboxylic acids is 2. The number of amides is 2. The van der Waals surface area contributed by atoms with E-state index in [0.29, 0.717) is 18.5 Å². The predicted molar refractivity (Wildman–Crippen MR) is 101 cm³/mol. The number of benzene rings is 1. The average Bonchev–Trinajstić information content (AvgIpc) is 3.15. The number of likely N-dealkylation sites (tertiary alicyclic amines) is 1. The van der Waals surface area contributed by atoms with Gasteiger partial charge in [0.1, 0.15) is 6.04 Å². The van der Waals surface area contributed by atoms with Gasteiger partial charge in [-0.1, -0.05) is 26.0 Å². The van der Waals surface area contributed by atoms with E-state index in [0.717, 1.165) is 22.9 Å². The Kier molecular flexibility index (Phi) is 6.67. The van der Waals surface area contributed by atoms with E-state index < -0.39 is 0 Å². The first kappa shape index (κ1) is 19.4. The number of carbonyl (C=O) groups is 2. The maximum absolute atomic E-state index is 12.4. The highest BCUT2D eigenvalue weighted by Gasteiger charge is 2.28. The molecular weight excluding hydrogens is 328 g/mol. The summed E-state index contributed by atoms with van der Waals surface area (Å²) in [7, 11) is 0. The molecular formula is C20H24N4O2. The maximum Gasteiger partial charge on any atom is 0.252 e. The molecule has 2 heterocycles. The number of nitrogens with one attached hydrogen (secondary N) is 1. The third-order valence-electron chi connectivity index (χ3n) is 4.27. The maximum atomic E-state index is 12.4. The minimum Gasteiger partial charge on any atom is -0.343 e. The van der Waals surface area contributed by atoms with Crippen molar-refractivity contribution in [2.75, 3.05) is 13.1 Å². The first-order valence-electron chi connectivity index (χ1n) is 8.93. The number of fused-ring (bicyclic) bond motifs is 1. The lowest BCUT2D eigenvalue weighted by Gasteiger charge is -2.19. The van der Waals surface area contributed by atoms with Crippen LogP contribution in [0.2, 0.25) is 0 Å². The Hall–Kier alpha value is -2.94. The quantitative estimate of drug-likeness (QED) is 0.920. The number of rotatable bonds is 3. The van der Waals surface area contributed by atoms with E-state index in [-0.39, 0.29) is 24.4 Å². The van der Waals surface area contributed by atoms with Crippen LogP contribution in [0.1, 0.15) is 42.6 Å². The number of hydrogen-bond acceptors (Lipinski definition) is 4. The molecule has 6 nitrogen and oxygen atoms in total. The lowest BCUT2D eigenvalue weighted by molar-refractivity contribution is -0.130. The zero-order valence-electron chi connectivity index (χ0n) is 15.5. The first-order chi connectivity index (χ1) is 12.6. The van der Waals surface area contributed by atoms with Gasteiger partial charge in [0, 0.05) is 18.1 Å². The summed E-state index contributed by atoms with van der Waals surface area (Å²) in [5.74, 6) is -0.533. The zero-order valence-corrected chi connectivity index (χ0v) is 15.5. The lowest BCUT2D eigenvalue weighted by atomic mass is 10.1. The van der Waals surface area contributed by atoms with Crippen LogP contribution >= 0.6 is 0 Å². The van der Waals surface area contributed by atoms with Crippen molar-refractivity contribution < 1.29 is 9.59 Å². The van der Waals surface area contributed by atoms with Crippen LogP contribution in [0.5, 0.6) is 0 Å². The van der Waals surface area contributed by atoms with Crippen molar-refractivity contribution in [1.82, 2.24) is 15.2 Å². The van der Waals surface area contributed by atoms with Gasteiger partial charge in [-0.2, -0.15) is 5.26 Å². The Bertz CT molecular complexity index is 841. The molecule has 0 spiro atoms. The van der Waals surface area contributed by atoms with E-state index in [1.54, 1.807) is 12.3 Å². The molecule has 3 rings (SSSR count). The Morgan fingerprint density at radius 1 is 1.35 bits per heavy atom. The van der Waals surface area contributed by atoms with Crippen LogP contribution in [0.25, 0.3) is 10.9 Å². The van der Waals surface area contributed by atoms with Crippen LogP contribution in [0.15, 0.2) is 30.5 Å². The van der Waals surface area contributed by atoms with Gasteiger partial charge in [0.2, 0.25) is 5.91 Å². The molecule has 2 aromatic rings. The van der Waals surface area contributed by atoms with Gasteiger partial charge in [0.05, 0.1) is 23.7 Å². The largest absolute Gasteiger partial charge is 0.343 e. The van der Waals surface area contributed by atoms with Crippen molar-refractivity contribution in [2.24, 2.45) is 0 Å². The van der Waals surface area contributed by atoms with E-state index in [2.05, 4.69) is 16.4 Å². The van der Waals surface area contributed by atoms with E-state index in [9.17, 15) is 9.59 Å². The summed E-state index contributed by atoms with van der Waals surface area (Å²) in [6, 6.07) is 9.10. The highest BCUT2D eigenvalue weighted by molar-refractivity contribution is 6.06. The molecule has 1 atom stereocenters. The van der Waals surface area contributed by atoms with E-state index >= 15 is 0 Å². The van der Waals surface area contributed by atoms with Crippen molar-refractivity contribution in [3.05, 3.63) is 41.6 Å². The molecule has 1 saturated heterocycles. The summed E-state index contributed by atoms with van der Waals surface area (Å²) in [5.41, 5.74) is 2.31. The molecule has 1 aliphatic rings. The van der Waals surface area contributed by atoms with Crippen LogP contribution in [0, 0.1) is 18.3 Å². The molecule has 1 aromatic carbocycles. The Morgan fingerprint density at radius 2 is 2.12 bits per heavy atom. The van der Waals surface area contributed by atoms with Gasteiger partial charge < -0.3 is 10.2 Å². The minimum absolute atomic E-state index is 0.104. The highest BCUT2D eigenvalue weighted by atomic mass is 16.2. The van der Waals surface area contributed by atoms with Crippen LogP contribution in [-0.2, 0) is 4.79 Å². The van der Waals surface area contributed by atoms with Crippen LogP contribution in [-0.4, -0.2) is 40.8 Å². The number of nitriles is 1.